The molecule has 0 saturated carbocycles. The standard InChI is InChI=1S/C13H18F2N2O/c1-8-6-10(4-5-18-8)17-12-3-2-9(16)7-11(12)13(14)15/h2-3,7-8,10,13,17H,4-6,16H2,1H3. The second kappa shape index (κ2) is 5.52. The summed E-state index contributed by atoms with van der Waals surface area (Å²) in [6.45, 7) is 2.66. The molecule has 0 aliphatic carbocycles. The van der Waals surface area contributed by atoms with Crippen LogP contribution < -0.4 is 11.1 Å². The molecule has 1 aromatic rings. The highest BCUT2D eigenvalue weighted by Gasteiger charge is 2.21. The predicted octanol–water partition coefficient (Wildman–Crippen LogP) is 3.19. The predicted molar refractivity (Wildman–Crippen MR) is 67.9 cm³/mol. The van der Waals surface area contributed by atoms with Crippen molar-refractivity contribution in [1.82, 2.24) is 0 Å². The lowest BCUT2D eigenvalue weighted by atomic mass is 10.0. The van der Waals surface area contributed by atoms with Crippen molar-refractivity contribution in [2.45, 2.75) is 38.3 Å². The van der Waals surface area contributed by atoms with Crippen LogP contribution in [0.3, 0.4) is 0 Å². The van der Waals surface area contributed by atoms with Crippen LogP contribution >= 0.6 is 0 Å². The van der Waals surface area contributed by atoms with E-state index in [9.17, 15) is 8.78 Å². The van der Waals surface area contributed by atoms with Crippen molar-refractivity contribution >= 4 is 11.4 Å². The van der Waals surface area contributed by atoms with Crippen LogP contribution in [0.25, 0.3) is 0 Å². The molecule has 5 heteroatoms. The molecule has 0 amide bonds. The first-order valence-corrected chi connectivity index (χ1v) is 6.12. The summed E-state index contributed by atoms with van der Waals surface area (Å²) >= 11 is 0. The number of ether oxygens (including phenoxy) is 1. The van der Waals surface area contributed by atoms with Gasteiger partial charge < -0.3 is 15.8 Å². The van der Waals surface area contributed by atoms with Gasteiger partial charge in [0.05, 0.1) is 6.10 Å². The van der Waals surface area contributed by atoms with Gasteiger partial charge in [-0.2, -0.15) is 0 Å². The summed E-state index contributed by atoms with van der Waals surface area (Å²) < 4.78 is 31.3. The smallest absolute Gasteiger partial charge is 0.265 e. The highest BCUT2D eigenvalue weighted by Crippen LogP contribution is 2.30. The van der Waals surface area contributed by atoms with E-state index in [-0.39, 0.29) is 17.7 Å². The molecule has 2 unspecified atom stereocenters. The molecule has 0 spiro atoms. The molecule has 2 rings (SSSR count). The van der Waals surface area contributed by atoms with Gasteiger partial charge in [-0.25, -0.2) is 8.78 Å². The second-order valence-electron chi connectivity index (χ2n) is 4.69. The van der Waals surface area contributed by atoms with Gasteiger partial charge in [0.2, 0.25) is 0 Å². The van der Waals surface area contributed by atoms with Crippen molar-refractivity contribution in [2.24, 2.45) is 0 Å². The van der Waals surface area contributed by atoms with Crippen LogP contribution in [-0.2, 0) is 4.74 Å². The summed E-state index contributed by atoms with van der Waals surface area (Å²) in [5.41, 5.74) is 6.33. The number of alkyl halides is 2. The lowest BCUT2D eigenvalue weighted by Crippen LogP contribution is -2.32. The lowest BCUT2D eigenvalue weighted by Gasteiger charge is -2.29. The third kappa shape index (κ3) is 3.10. The minimum absolute atomic E-state index is 0.0332. The monoisotopic (exact) mass is 256 g/mol. The Kier molecular flexibility index (Phi) is 4.01. The SMILES string of the molecule is CC1CC(Nc2ccc(N)cc2C(F)F)CCO1. The number of nitrogen functional groups attached to an aromatic ring is 1. The largest absolute Gasteiger partial charge is 0.399 e. The third-order valence-corrected chi connectivity index (χ3v) is 3.16. The van der Waals surface area contributed by atoms with Gasteiger partial charge in [0.15, 0.2) is 0 Å². The Morgan fingerprint density at radius 2 is 2.22 bits per heavy atom. The number of halogens is 2. The number of hydrogen-bond donors (Lipinski definition) is 2. The van der Waals surface area contributed by atoms with Crippen molar-refractivity contribution in [2.75, 3.05) is 17.7 Å². The molecule has 1 heterocycles. The number of hydrogen-bond acceptors (Lipinski definition) is 3. The fourth-order valence-corrected chi connectivity index (χ4v) is 2.24. The van der Waals surface area contributed by atoms with Crippen molar-refractivity contribution in [3.8, 4) is 0 Å². The van der Waals surface area contributed by atoms with Crippen molar-refractivity contribution in [1.29, 1.82) is 0 Å². The van der Waals surface area contributed by atoms with Gasteiger partial charge in [-0.3, -0.25) is 0 Å². The maximum Gasteiger partial charge on any atom is 0.265 e. The van der Waals surface area contributed by atoms with E-state index >= 15 is 0 Å². The number of anilines is 2. The highest BCUT2D eigenvalue weighted by molar-refractivity contribution is 5.59. The quantitative estimate of drug-likeness (QED) is 0.816. The van der Waals surface area contributed by atoms with Crippen LogP contribution in [0.2, 0.25) is 0 Å². The zero-order valence-corrected chi connectivity index (χ0v) is 10.3. The molecule has 18 heavy (non-hydrogen) atoms. The van der Waals surface area contributed by atoms with E-state index in [4.69, 9.17) is 10.5 Å². The first kappa shape index (κ1) is 13.1. The molecule has 1 aliphatic heterocycles. The van der Waals surface area contributed by atoms with Gasteiger partial charge in [0.25, 0.3) is 6.43 Å². The average molecular weight is 256 g/mol. The van der Waals surface area contributed by atoms with Gasteiger partial charge in [-0.15, -0.1) is 0 Å². The first-order chi connectivity index (χ1) is 8.56. The summed E-state index contributed by atoms with van der Waals surface area (Å²) in [5.74, 6) is 0. The topological polar surface area (TPSA) is 47.3 Å². The van der Waals surface area contributed by atoms with Crippen molar-refractivity contribution in [3.05, 3.63) is 23.8 Å². The van der Waals surface area contributed by atoms with E-state index in [1.165, 1.54) is 6.07 Å². The van der Waals surface area contributed by atoms with Crippen LogP contribution in [0.5, 0.6) is 0 Å². The molecule has 1 aromatic carbocycles. The fraction of sp³-hybridized carbons (Fsp3) is 0.538. The molecular weight excluding hydrogens is 238 g/mol. The Balaban J connectivity index is 2.12. The van der Waals surface area contributed by atoms with Gasteiger partial charge in [0.1, 0.15) is 0 Å². The number of rotatable bonds is 3. The molecule has 3 nitrogen and oxygen atoms in total. The molecule has 1 saturated heterocycles. The van der Waals surface area contributed by atoms with E-state index in [2.05, 4.69) is 5.32 Å². The Labute approximate surface area is 105 Å². The molecular formula is C13H18F2N2O. The molecule has 0 aromatic heterocycles. The zero-order valence-electron chi connectivity index (χ0n) is 10.3. The number of nitrogens with two attached hydrogens (primary N) is 1. The Hall–Kier alpha value is -1.36. The number of benzene rings is 1. The van der Waals surface area contributed by atoms with Gasteiger partial charge in [0, 0.05) is 29.6 Å². The minimum atomic E-state index is -2.52. The van der Waals surface area contributed by atoms with Crippen LogP contribution in [0.15, 0.2) is 18.2 Å². The van der Waals surface area contributed by atoms with E-state index in [0.29, 0.717) is 18.0 Å². The van der Waals surface area contributed by atoms with Crippen molar-refractivity contribution in [3.63, 3.8) is 0 Å². The van der Waals surface area contributed by atoms with Crippen LogP contribution in [0.4, 0.5) is 20.2 Å². The van der Waals surface area contributed by atoms with Crippen LogP contribution in [-0.4, -0.2) is 18.8 Å². The second-order valence-corrected chi connectivity index (χ2v) is 4.69. The average Bonchev–Trinajstić information content (AvgIpc) is 2.31. The Bertz CT molecular complexity index is 412. The Morgan fingerprint density at radius 1 is 1.44 bits per heavy atom. The van der Waals surface area contributed by atoms with Gasteiger partial charge in [-0.1, -0.05) is 0 Å². The van der Waals surface area contributed by atoms with E-state index < -0.39 is 6.43 Å². The minimum Gasteiger partial charge on any atom is -0.399 e. The zero-order chi connectivity index (χ0) is 13.1. The summed E-state index contributed by atoms with van der Waals surface area (Å²) in [6, 6.07) is 4.76. The van der Waals surface area contributed by atoms with Crippen LogP contribution in [0, 0.1) is 0 Å². The van der Waals surface area contributed by atoms with Gasteiger partial charge >= 0.3 is 0 Å². The molecule has 3 N–H and O–H groups in total. The van der Waals surface area contributed by atoms with E-state index in [1.54, 1.807) is 12.1 Å². The summed E-state index contributed by atoms with van der Waals surface area (Å²) in [6.07, 6.45) is -0.696. The molecule has 0 bridgehead atoms. The van der Waals surface area contributed by atoms with Crippen molar-refractivity contribution < 1.29 is 13.5 Å². The Morgan fingerprint density at radius 3 is 2.89 bits per heavy atom. The molecule has 2 atom stereocenters. The van der Waals surface area contributed by atoms with Gasteiger partial charge in [-0.05, 0) is 38.0 Å². The van der Waals surface area contributed by atoms with Crippen LogP contribution in [0.1, 0.15) is 31.8 Å². The van der Waals surface area contributed by atoms with E-state index in [1.807, 2.05) is 6.92 Å². The maximum absolute atomic E-state index is 12.9. The molecule has 100 valence electrons. The molecule has 1 aliphatic rings. The molecule has 0 radical (unpaired) electrons. The van der Waals surface area contributed by atoms with E-state index in [0.717, 1.165) is 12.8 Å². The normalized spacial score (nSPS) is 24.2. The molecule has 1 fully saturated rings. The summed E-state index contributed by atoms with van der Waals surface area (Å²) in [5, 5.41) is 3.17. The summed E-state index contributed by atoms with van der Waals surface area (Å²) in [4.78, 5) is 0. The summed E-state index contributed by atoms with van der Waals surface area (Å²) in [7, 11) is 0. The highest BCUT2D eigenvalue weighted by atomic mass is 19.3. The third-order valence-electron chi connectivity index (χ3n) is 3.16. The first-order valence-electron chi connectivity index (χ1n) is 6.12. The maximum atomic E-state index is 12.9. The lowest BCUT2D eigenvalue weighted by molar-refractivity contribution is 0.0232. The number of nitrogens with one attached hydrogen (secondary N) is 1. The fourth-order valence-electron chi connectivity index (χ4n) is 2.24.